The van der Waals surface area contributed by atoms with Crippen molar-refractivity contribution in [2.75, 3.05) is 5.73 Å². The van der Waals surface area contributed by atoms with Gasteiger partial charge in [-0.2, -0.15) is 0 Å². The molecular weight excluding hydrogens is 301 g/mol. The van der Waals surface area contributed by atoms with Gasteiger partial charge in [0.2, 0.25) is 0 Å². The maximum absolute atomic E-state index is 13.9. The summed E-state index contributed by atoms with van der Waals surface area (Å²) in [4.78, 5) is 4.35. The van der Waals surface area contributed by atoms with Crippen LogP contribution in [0.4, 0.5) is 10.1 Å². The van der Waals surface area contributed by atoms with Crippen molar-refractivity contribution in [3.05, 3.63) is 82.6 Å². The molecule has 1 heterocycles. The Hall–Kier alpha value is -2.33. The molecular formula is C17H15ClFN3. The van der Waals surface area contributed by atoms with E-state index in [-0.39, 0.29) is 5.82 Å². The third kappa shape index (κ3) is 2.97. The molecule has 0 atom stereocenters. The number of nitrogens with zero attached hydrogens (tertiary/aromatic N) is 2. The molecule has 0 bridgehead atoms. The van der Waals surface area contributed by atoms with Crippen LogP contribution in [0.1, 0.15) is 17.0 Å². The molecule has 2 aromatic carbocycles. The monoisotopic (exact) mass is 315 g/mol. The van der Waals surface area contributed by atoms with Crippen LogP contribution in [0.15, 0.2) is 54.9 Å². The van der Waals surface area contributed by atoms with Crippen molar-refractivity contribution in [3.8, 4) is 0 Å². The van der Waals surface area contributed by atoms with Crippen LogP contribution in [0.5, 0.6) is 0 Å². The van der Waals surface area contributed by atoms with Gasteiger partial charge >= 0.3 is 0 Å². The van der Waals surface area contributed by atoms with E-state index in [1.54, 1.807) is 18.3 Å². The highest BCUT2D eigenvalue weighted by atomic mass is 35.5. The average molecular weight is 316 g/mol. The van der Waals surface area contributed by atoms with Crippen LogP contribution in [0.25, 0.3) is 0 Å². The Morgan fingerprint density at radius 1 is 1.14 bits per heavy atom. The summed E-state index contributed by atoms with van der Waals surface area (Å²) in [5.41, 5.74) is 8.15. The summed E-state index contributed by atoms with van der Waals surface area (Å²) in [7, 11) is 0. The summed E-state index contributed by atoms with van der Waals surface area (Å²) in [5, 5.41) is 0.416. The molecule has 5 heteroatoms. The first kappa shape index (κ1) is 14.6. The molecule has 3 nitrogen and oxygen atoms in total. The van der Waals surface area contributed by atoms with Crippen LogP contribution in [0.2, 0.25) is 5.02 Å². The molecule has 0 saturated heterocycles. The summed E-state index contributed by atoms with van der Waals surface area (Å²) in [6.07, 6.45) is 4.10. The van der Waals surface area contributed by atoms with Crippen molar-refractivity contribution in [1.29, 1.82) is 0 Å². The van der Waals surface area contributed by atoms with Gasteiger partial charge in [0.15, 0.2) is 0 Å². The second-order valence-electron chi connectivity index (χ2n) is 5.05. The fourth-order valence-corrected chi connectivity index (χ4v) is 2.59. The van der Waals surface area contributed by atoms with E-state index in [9.17, 15) is 4.39 Å². The van der Waals surface area contributed by atoms with Crippen molar-refractivity contribution >= 4 is 17.3 Å². The Labute approximate surface area is 133 Å². The highest BCUT2D eigenvalue weighted by Gasteiger charge is 2.11. The molecule has 0 radical (unpaired) electrons. The van der Waals surface area contributed by atoms with Gasteiger partial charge in [0.25, 0.3) is 0 Å². The van der Waals surface area contributed by atoms with Gasteiger partial charge in [0.05, 0.1) is 6.54 Å². The van der Waals surface area contributed by atoms with Gasteiger partial charge in [0.1, 0.15) is 11.6 Å². The van der Waals surface area contributed by atoms with Crippen molar-refractivity contribution < 1.29 is 4.39 Å². The molecule has 22 heavy (non-hydrogen) atoms. The van der Waals surface area contributed by atoms with Gasteiger partial charge in [-0.15, -0.1) is 0 Å². The summed E-state index contributed by atoms with van der Waals surface area (Å²) in [6, 6.07) is 12.3. The number of rotatable bonds is 4. The van der Waals surface area contributed by atoms with E-state index in [0.29, 0.717) is 23.6 Å². The van der Waals surface area contributed by atoms with E-state index in [2.05, 4.69) is 4.98 Å². The lowest BCUT2D eigenvalue weighted by Gasteiger charge is -2.11. The summed E-state index contributed by atoms with van der Waals surface area (Å²) in [6.45, 7) is 0.341. The first-order valence-electron chi connectivity index (χ1n) is 6.91. The predicted octanol–water partition coefficient (Wildman–Crippen LogP) is 3.90. The minimum absolute atomic E-state index is 0.314. The van der Waals surface area contributed by atoms with E-state index < -0.39 is 0 Å². The predicted molar refractivity (Wildman–Crippen MR) is 86.4 cm³/mol. The Morgan fingerprint density at radius 2 is 1.95 bits per heavy atom. The topological polar surface area (TPSA) is 43.8 Å². The molecule has 3 rings (SSSR count). The normalized spacial score (nSPS) is 10.8. The number of aromatic nitrogens is 2. The smallest absolute Gasteiger partial charge is 0.129 e. The molecule has 0 aliphatic rings. The summed E-state index contributed by atoms with van der Waals surface area (Å²) in [5.74, 6) is 0.503. The fourth-order valence-electron chi connectivity index (χ4n) is 2.37. The largest absolute Gasteiger partial charge is 0.398 e. The molecule has 0 amide bonds. The highest BCUT2D eigenvalue weighted by molar-refractivity contribution is 6.31. The van der Waals surface area contributed by atoms with Crippen LogP contribution in [-0.4, -0.2) is 9.55 Å². The first-order valence-corrected chi connectivity index (χ1v) is 7.29. The van der Waals surface area contributed by atoms with E-state index in [1.807, 2.05) is 35.0 Å². The molecule has 1 aromatic heterocycles. The number of para-hydroxylation sites is 1. The second kappa shape index (κ2) is 6.20. The maximum atomic E-state index is 13.9. The average Bonchev–Trinajstić information content (AvgIpc) is 2.93. The lowest BCUT2D eigenvalue weighted by molar-refractivity contribution is 0.595. The third-order valence-corrected chi connectivity index (χ3v) is 3.95. The zero-order valence-corrected chi connectivity index (χ0v) is 12.6. The number of benzene rings is 2. The van der Waals surface area contributed by atoms with Crippen LogP contribution in [0, 0.1) is 5.82 Å². The maximum Gasteiger partial charge on any atom is 0.129 e. The van der Waals surface area contributed by atoms with E-state index in [4.69, 9.17) is 17.3 Å². The molecule has 0 fully saturated rings. The zero-order valence-electron chi connectivity index (χ0n) is 11.8. The van der Waals surface area contributed by atoms with Crippen molar-refractivity contribution in [3.63, 3.8) is 0 Å². The van der Waals surface area contributed by atoms with Gasteiger partial charge in [-0.3, -0.25) is 0 Å². The first-order chi connectivity index (χ1) is 10.6. The number of halogens is 2. The van der Waals surface area contributed by atoms with Crippen LogP contribution in [0.3, 0.4) is 0 Å². The quantitative estimate of drug-likeness (QED) is 0.742. The SMILES string of the molecule is Nc1ccccc1Cc1nccn1Cc1c(F)cccc1Cl. The minimum Gasteiger partial charge on any atom is -0.398 e. The lowest BCUT2D eigenvalue weighted by Crippen LogP contribution is -2.08. The number of nitrogen functional groups attached to an aromatic ring is 1. The molecule has 0 saturated carbocycles. The van der Waals surface area contributed by atoms with Gasteiger partial charge in [-0.05, 0) is 23.8 Å². The number of nitrogens with two attached hydrogens (primary N) is 1. The molecule has 3 aromatic rings. The Balaban J connectivity index is 1.88. The highest BCUT2D eigenvalue weighted by Crippen LogP contribution is 2.21. The molecule has 2 N–H and O–H groups in total. The van der Waals surface area contributed by atoms with Gasteiger partial charge in [-0.25, -0.2) is 9.37 Å². The fraction of sp³-hybridized carbons (Fsp3) is 0.118. The number of hydrogen-bond donors (Lipinski definition) is 1. The van der Waals surface area contributed by atoms with Crippen LogP contribution in [-0.2, 0) is 13.0 Å². The number of imidazole rings is 1. The molecule has 0 aliphatic heterocycles. The number of hydrogen-bond acceptors (Lipinski definition) is 2. The summed E-state index contributed by atoms with van der Waals surface area (Å²) < 4.78 is 15.8. The van der Waals surface area contributed by atoms with Crippen LogP contribution >= 0.6 is 11.6 Å². The molecule has 0 aliphatic carbocycles. The Morgan fingerprint density at radius 3 is 2.73 bits per heavy atom. The van der Waals surface area contributed by atoms with Crippen molar-refractivity contribution in [2.24, 2.45) is 0 Å². The molecule has 112 valence electrons. The van der Waals surface area contributed by atoms with E-state index >= 15 is 0 Å². The second-order valence-corrected chi connectivity index (χ2v) is 5.45. The Kier molecular flexibility index (Phi) is 4.11. The lowest BCUT2D eigenvalue weighted by atomic mass is 10.1. The molecule has 0 unspecified atom stereocenters. The van der Waals surface area contributed by atoms with Crippen molar-refractivity contribution in [2.45, 2.75) is 13.0 Å². The van der Waals surface area contributed by atoms with Crippen molar-refractivity contribution in [1.82, 2.24) is 9.55 Å². The Bertz CT molecular complexity index is 778. The van der Waals surface area contributed by atoms with Gasteiger partial charge in [-0.1, -0.05) is 35.9 Å². The number of anilines is 1. The molecule has 0 spiro atoms. The van der Waals surface area contributed by atoms with Crippen LogP contribution < -0.4 is 5.73 Å². The standard InChI is InChI=1S/C17H15ClFN3/c18-14-5-3-6-15(19)13(14)11-22-9-8-21-17(22)10-12-4-1-2-7-16(12)20/h1-9H,10-11,20H2. The minimum atomic E-state index is -0.314. The van der Waals surface area contributed by atoms with Gasteiger partial charge < -0.3 is 10.3 Å². The third-order valence-electron chi connectivity index (χ3n) is 3.60. The summed E-state index contributed by atoms with van der Waals surface area (Å²) >= 11 is 6.09. The van der Waals surface area contributed by atoms with E-state index in [1.165, 1.54) is 6.07 Å². The van der Waals surface area contributed by atoms with E-state index in [0.717, 1.165) is 17.1 Å². The van der Waals surface area contributed by atoms with Gasteiger partial charge in [0, 0.05) is 35.1 Å². The zero-order chi connectivity index (χ0) is 15.5.